The fourth-order valence-electron chi connectivity index (χ4n) is 3.56. The lowest BCUT2D eigenvalue weighted by Gasteiger charge is -2.26. The van der Waals surface area contributed by atoms with E-state index in [9.17, 15) is 0 Å². The van der Waals surface area contributed by atoms with Gasteiger partial charge in [-0.25, -0.2) is 15.4 Å². The molecule has 2 aromatic heterocycles. The van der Waals surface area contributed by atoms with E-state index in [-0.39, 0.29) is 6.04 Å². The summed E-state index contributed by atoms with van der Waals surface area (Å²) >= 11 is 0. The molecule has 0 radical (unpaired) electrons. The molecule has 3 heterocycles. The van der Waals surface area contributed by atoms with Crippen molar-refractivity contribution < 1.29 is 0 Å². The van der Waals surface area contributed by atoms with E-state index < -0.39 is 0 Å². The summed E-state index contributed by atoms with van der Waals surface area (Å²) in [5.74, 6) is 2.14. The van der Waals surface area contributed by atoms with E-state index >= 15 is 0 Å². The maximum Gasteiger partial charge on any atom is 0.163 e. The second-order valence-electron chi connectivity index (χ2n) is 6.65. The number of hydrogen-bond acceptors (Lipinski definition) is 6. The highest BCUT2D eigenvalue weighted by molar-refractivity contribution is 5.86. The Morgan fingerprint density at radius 1 is 1.24 bits per heavy atom. The van der Waals surface area contributed by atoms with E-state index in [1.54, 1.807) is 4.68 Å². The maximum atomic E-state index is 4.68. The minimum absolute atomic E-state index is 0.288. The van der Waals surface area contributed by atoms with Crippen LogP contribution in [0.3, 0.4) is 0 Å². The van der Waals surface area contributed by atoms with E-state index in [1.807, 2.05) is 20.2 Å². The number of fused-ring (bicyclic) bond motifs is 1. The number of hydrazine groups is 1. The van der Waals surface area contributed by atoms with Gasteiger partial charge >= 0.3 is 0 Å². The van der Waals surface area contributed by atoms with Crippen LogP contribution in [0.15, 0.2) is 36.5 Å². The summed E-state index contributed by atoms with van der Waals surface area (Å²) in [5.41, 5.74) is 8.89. The van der Waals surface area contributed by atoms with Gasteiger partial charge in [-0.2, -0.15) is 5.10 Å². The second-order valence-corrected chi connectivity index (χ2v) is 6.65. The van der Waals surface area contributed by atoms with Crippen molar-refractivity contribution in [2.45, 2.75) is 13.0 Å². The van der Waals surface area contributed by atoms with Crippen LogP contribution in [0.2, 0.25) is 0 Å². The summed E-state index contributed by atoms with van der Waals surface area (Å²) < 4.78 is 1.80. The molecule has 1 saturated heterocycles. The molecule has 2 N–H and O–H groups in total. The molecule has 130 valence electrons. The Balaban J connectivity index is 1.61. The van der Waals surface area contributed by atoms with Crippen LogP contribution in [0.1, 0.15) is 17.4 Å². The van der Waals surface area contributed by atoms with E-state index in [1.165, 1.54) is 5.56 Å². The van der Waals surface area contributed by atoms with Crippen molar-refractivity contribution in [3.63, 3.8) is 0 Å². The Morgan fingerprint density at radius 2 is 2.04 bits per heavy atom. The summed E-state index contributed by atoms with van der Waals surface area (Å²) in [6.07, 6.45) is 1.85. The first-order valence-electron chi connectivity index (χ1n) is 8.54. The number of hydrogen-bond donors (Lipinski definition) is 2. The van der Waals surface area contributed by atoms with Gasteiger partial charge < -0.3 is 4.90 Å². The summed E-state index contributed by atoms with van der Waals surface area (Å²) in [7, 11) is 4.00. The first-order chi connectivity index (χ1) is 12.1. The van der Waals surface area contributed by atoms with Crippen molar-refractivity contribution in [1.29, 1.82) is 0 Å². The van der Waals surface area contributed by atoms with E-state index in [2.05, 4.69) is 68.2 Å². The Kier molecular flexibility index (Phi) is 4.10. The second kappa shape index (κ2) is 6.42. The first kappa shape index (κ1) is 16.0. The highest BCUT2D eigenvalue weighted by Crippen LogP contribution is 2.28. The molecule has 2 unspecified atom stereocenters. The van der Waals surface area contributed by atoms with Crippen molar-refractivity contribution in [3.8, 4) is 0 Å². The van der Waals surface area contributed by atoms with Crippen LogP contribution >= 0.6 is 0 Å². The Labute approximate surface area is 147 Å². The molecular formula is C18H23N7. The van der Waals surface area contributed by atoms with Gasteiger partial charge in [0.25, 0.3) is 0 Å². The zero-order valence-electron chi connectivity index (χ0n) is 14.8. The number of benzene rings is 1. The fourth-order valence-corrected chi connectivity index (χ4v) is 3.56. The van der Waals surface area contributed by atoms with Gasteiger partial charge in [-0.05, 0) is 12.5 Å². The average Bonchev–Trinajstić information content (AvgIpc) is 3.22. The standard InChI is InChI=1S/C18H23N7/c1-12-21-17(15-10-20-25(3)18(15)22-12)24(2)11-14-9-19-23-16(14)13-7-5-4-6-8-13/h4-8,10,14,16,19,23H,9,11H2,1-3H3. The van der Waals surface area contributed by atoms with E-state index in [0.29, 0.717) is 5.92 Å². The lowest BCUT2D eigenvalue weighted by Crippen LogP contribution is -2.31. The molecule has 25 heavy (non-hydrogen) atoms. The molecule has 7 nitrogen and oxygen atoms in total. The minimum atomic E-state index is 0.288. The number of rotatable bonds is 4. The van der Waals surface area contributed by atoms with Crippen molar-refractivity contribution in [3.05, 3.63) is 47.9 Å². The monoisotopic (exact) mass is 337 g/mol. The highest BCUT2D eigenvalue weighted by atomic mass is 15.4. The van der Waals surface area contributed by atoms with Gasteiger partial charge in [-0.1, -0.05) is 30.3 Å². The van der Waals surface area contributed by atoms with Crippen LogP contribution in [-0.4, -0.2) is 39.9 Å². The van der Waals surface area contributed by atoms with Gasteiger partial charge in [0, 0.05) is 33.1 Å². The molecule has 1 fully saturated rings. The molecule has 7 heteroatoms. The van der Waals surface area contributed by atoms with Gasteiger partial charge in [0.1, 0.15) is 11.6 Å². The molecule has 0 aliphatic carbocycles. The topological polar surface area (TPSA) is 70.9 Å². The van der Waals surface area contributed by atoms with Crippen LogP contribution in [0.4, 0.5) is 5.82 Å². The molecule has 2 atom stereocenters. The fraction of sp³-hybridized carbons (Fsp3) is 0.389. The molecule has 0 amide bonds. The van der Waals surface area contributed by atoms with E-state index in [0.717, 1.165) is 35.8 Å². The molecular weight excluding hydrogens is 314 g/mol. The molecule has 1 aromatic carbocycles. The van der Waals surface area contributed by atoms with Crippen LogP contribution in [0.25, 0.3) is 11.0 Å². The van der Waals surface area contributed by atoms with Crippen molar-refractivity contribution in [2.75, 3.05) is 25.0 Å². The van der Waals surface area contributed by atoms with Gasteiger partial charge in [-0.15, -0.1) is 0 Å². The molecule has 3 aromatic rings. The minimum Gasteiger partial charge on any atom is -0.359 e. The van der Waals surface area contributed by atoms with Crippen LogP contribution < -0.4 is 15.8 Å². The molecule has 1 aliphatic rings. The highest BCUT2D eigenvalue weighted by Gasteiger charge is 2.29. The van der Waals surface area contributed by atoms with Crippen LogP contribution in [0.5, 0.6) is 0 Å². The smallest absolute Gasteiger partial charge is 0.163 e. The molecule has 0 spiro atoms. The number of aromatic nitrogens is 4. The van der Waals surface area contributed by atoms with E-state index in [4.69, 9.17) is 0 Å². The quantitative estimate of drug-likeness (QED) is 0.753. The first-order valence-corrected chi connectivity index (χ1v) is 8.54. The normalized spacial score (nSPS) is 20.3. The van der Waals surface area contributed by atoms with Gasteiger partial charge in [-0.3, -0.25) is 10.1 Å². The zero-order valence-corrected chi connectivity index (χ0v) is 14.8. The number of aryl methyl sites for hydroxylation is 2. The Morgan fingerprint density at radius 3 is 2.84 bits per heavy atom. The van der Waals surface area contributed by atoms with Gasteiger partial charge in [0.15, 0.2) is 5.65 Å². The third kappa shape index (κ3) is 2.96. The van der Waals surface area contributed by atoms with Gasteiger partial charge in [0.05, 0.1) is 17.6 Å². The summed E-state index contributed by atoms with van der Waals surface area (Å²) in [6.45, 7) is 3.74. The third-order valence-corrected chi connectivity index (χ3v) is 4.81. The Hall–Kier alpha value is -2.51. The average molecular weight is 337 g/mol. The predicted molar refractivity (Wildman–Crippen MR) is 98.1 cm³/mol. The summed E-state index contributed by atoms with van der Waals surface area (Å²) in [5, 5.41) is 5.33. The summed E-state index contributed by atoms with van der Waals surface area (Å²) in [6, 6.07) is 10.9. The van der Waals surface area contributed by atoms with Crippen LogP contribution in [0, 0.1) is 12.8 Å². The molecule has 0 saturated carbocycles. The largest absolute Gasteiger partial charge is 0.359 e. The lowest BCUT2D eigenvalue weighted by molar-refractivity contribution is 0.475. The SMILES string of the molecule is Cc1nc(N(C)CC2CNNC2c2ccccc2)c2cnn(C)c2n1. The van der Waals surface area contributed by atoms with Gasteiger partial charge in [0.2, 0.25) is 0 Å². The van der Waals surface area contributed by atoms with Crippen LogP contribution in [-0.2, 0) is 7.05 Å². The predicted octanol–water partition coefficient (Wildman–Crippen LogP) is 1.57. The number of nitrogens with zero attached hydrogens (tertiary/aromatic N) is 5. The third-order valence-electron chi connectivity index (χ3n) is 4.81. The number of anilines is 1. The lowest BCUT2D eigenvalue weighted by atomic mass is 9.94. The van der Waals surface area contributed by atoms with Crippen molar-refractivity contribution in [2.24, 2.45) is 13.0 Å². The summed E-state index contributed by atoms with van der Waals surface area (Å²) in [4.78, 5) is 11.4. The zero-order chi connectivity index (χ0) is 17.4. The maximum absolute atomic E-state index is 4.68. The Bertz CT molecular complexity index is 874. The number of nitrogens with one attached hydrogen (secondary N) is 2. The molecule has 0 bridgehead atoms. The molecule has 4 rings (SSSR count). The van der Waals surface area contributed by atoms with Crippen molar-refractivity contribution >= 4 is 16.9 Å². The molecule has 1 aliphatic heterocycles. The van der Waals surface area contributed by atoms with Crippen molar-refractivity contribution in [1.82, 2.24) is 30.6 Å².